The number of halogens is 1. The number of aromatic nitrogens is 1. The summed E-state index contributed by atoms with van der Waals surface area (Å²) in [6, 6.07) is 2.65. The minimum absolute atomic E-state index is 0.243. The molecule has 0 fully saturated rings. The van der Waals surface area contributed by atoms with E-state index in [4.69, 9.17) is 0 Å². The maximum atomic E-state index is 13.0. The Balaban J connectivity index is 3.33. The van der Waals surface area contributed by atoms with Crippen molar-refractivity contribution in [2.75, 3.05) is 7.05 Å². The molecular formula is C11H15FN2O. The van der Waals surface area contributed by atoms with Gasteiger partial charge in [-0.05, 0) is 12.1 Å². The highest BCUT2D eigenvalue weighted by Crippen LogP contribution is 2.23. The zero-order valence-corrected chi connectivity index (χ0v) is 9.39. The van der Waals surface area contributed by atoms with E-state index < -0.39 is 5.95 Å². The van der Waals surface area contributed by atoms with Crippen molar-refractivity contribution >= 4 is 5.91 Å². The first-order valence-electron chi connectivity index (χ1n) is 4.75. The summed E-state index contributed by atoms with van der Waals surface area (Å²) in [5.74, 6) is -0.806. The fourth-order valence-electron chi connectivity index (χ4n) is 1.32. The van der Waals surface area contributed by atoms with Crippen LogP contribution in [0, 0.1) is 5.95 Å². The monoisotopic (exact) mass is 210 g/mol. The largest absolute Gasteiger partial charge is 0.355 e. The summed E-state index contributed by atoms with van der Waals surface area (Å²) in [5, 5.41) is 2.51. The molecule has 1 heterocycles. The van der Waals surface area contributed by atoms with Crippen LogP contribution < -0.4 is 5.32 Å². The molecule has 0 saturated carbocycles. The van der Waals surface area contributed by atoms with Crippen molar-refractivity contribution < 1.29 is 9.18 Å². The molecule has 1 N–H and O–H groups in total. The number of carbonyl (C=O) groups excluding carboxylic acids is 1. The lowest BCUT2D eigenvalue weighted by Gasteiger charge is -2.20. The van der Waals surface area contributed by atoms with Gasteiger partial charge in [0.15, 0.2) is 0 Å². The molecule has 0 bridgehead atoms. The first kappa shape index (κ1) is 11.6. The maximum Gasteiger partial charge on any atom is 0.252 e. The van der Waals surface area contributed by atoms with Gasteiger partial charge in [0.1, 0.15) is 0 Å². The molecule has 1 amide bonds. The van der Waals surface area contributed by atoms with E-state index >= 15 is 0 Å². The number of hydrogen-bond donors (Lipinski definition) is 1. The van der Waals surface area contributed by atoms with Crippen LogP contribution in [-0.2, 0) is 5.41 Å². The van der Waals surface area contributed by atoms with Crippen molar-refractivity contribution in [2.24, 2.45) is 0 Å². The highest BCUT2D eigenvalue weighted by atomic mass is 19.1. The molecule has 0 spiro atoms. The minimum atomic E-state index is -0.562. The van der Waals surface area contributed by atoms with Gasteiger partial charge in [0, 0.05) is 12.5 Å². The number of rotatable bonds is 1. The van der Waals surface area contributed by atoms with E-state index in [1.54, 1.807) is 0 Å². The van der Waals surface area contributed by atoms with Gasteiger partial charge >= 0.3 is 0 Å². The molecule has 4 heteroatoms. The van der Waals surface area contributed by atoms with Crippen molar-refractivity contribution in [2.45, 2.75) is 26.2 Å². The second kappa shape index (κ2) is 3.96. The molecule has 1 rings (SSSR count). The smallest absolute Gasteiger partial charge is 0.252 e. The molecule has 82 valence electrons. The second-order valence-corrected chi connectivity index (χ2v) is 4.36. The topological polar surface area (TPSA) is 42.0 Å². The van der Waals surface area contributed by atoms with Gasteiger partial charge < -0.3 is 5.32 Å². The SMILES string of the molecule is CNC(=O)c1ccc(F)nc1C(C)(C)C. The fourth-order valence-corrected chi connectivity index (χ4v) is 1.32. The Morgan fingerprint density at radius 3 is 2.47 bits per heavy atom. The van der Waals surface area contributed by atoms with E-state index in [0.29, 0.717) is 11.3 Å². The summed E-state index contributed by atoms with van der Waals surface area (Å²) in [4.78, 5) is 15.3. The standard InChI is InChI=1S/C11H15FN2O/c1-11(2,3)9-7(10(15)13-4)5-6-8(12)14-9/h5-6H,1-4H3,(H,13,15). The fraction of sp³-hybridized carbons (Fsp3) is 0.455. The zero-order valence-electron chi connectivity index (χ0n) is 9.39. The normalized spacial score (nSPS) is 11.3. The Morgan fingerprint density at radius 1 is 1.40 bits per heavy atom. The summed E-state index contributed by atoms with van der Waals surface area (Å²) in [5.41, 5.74) is 0.539. The van der Waals surface area contributed by atoms with Crippen LogP contribution in [-0.4, -0.2) is 17.9 Å². The minimum Gasteiger partial charge on any atom is -0.355 e. The predicted molar refractivity (Wildman–Crippen MR) is 56.3 cm³/mol. The van der Waals surface area contributed by atoms with Crippen LogP contribution >= 0.6 is 0 Å². The Hall–Kier alpha value is -1.45. The second-order valence-electron chi connectivity index (χ2n) is 4.36. The molecule has 15 heavy (non-hydrogen) atoms. The highest BCUT2D eigenvalue weighted by molar-refractivity contribution is 5.95. The summed E-state index contributed by atoms with van der Waals surface area (Å²) in [6.45, 7) is 5.67. The number of pyridine rings is 1. The van der Waals surface area contributed by atoms with Crippen LogP contribution in [0.25, 0.3) is 0 Å². The van der Waals surface area contributed by atoms with E-state index in [9.17, 15) is 9.18 Å². The van der Waals surface area contributed by atoms with Crippen LogP contribution in [0.5, 0.6) is 0 Å². The zero-order chi connectivity index (χ0) is 11.6. The van der Waals surface area contributed by atoms with E-state index in [-0.39, 0.29) is 11.3 Å². The maximum absolute atomic E-state index is 13.0. The molecule has 0 aromatic carbocycles. The first-order chi connectivity index (χ1) is 6.86. The number of carbonyl (C=O) groups is 1. The number of hydrogen-bond acceptors (Lipinski definition) is 2. The van der Waals surface area contributed by atoms with Gasteiger partial charge in [-0.15, -0.1) is 0 Å². The van der Waals surface area contributed by atoms with Crippen molar-refractivity contribution in [3.8, 4) is 0 Å². The number of amides is 1. The van der Waals surface area contributed by atoms with Gasteiger partial charge in [-0.2, -0.15) is 4.39 Å². The molecule has 0 aliphatic rings. The molecule has 0 radical (unpaired) electrons. The summed E-state index contributed by atoms with van der Waals surface area (Å²) < 4.78 is 13.0. The van der Waals surface area contributed by atoms with Crippen molar-refractivity contribution in [1.29, 1.82) is 0 Å². The van der Waals surface area contributed by atoms with Crippen molar-refractivity contribution in [1.82, 2.24) is 10.3 Å². The van der Waals surface area contributed by atoms with Crippen LogP contribution in [0.15, 0.2) is 12.1 Å². The van der Waals surface area contributed by atoms with Gasteiger partial charge in [0.2, 0.25) is 5.95 Å². The lowest BCUT2D eigenvalue weighted by atomic mass is 9.88. The van der Waals surface area contributed by atoms with Crippen LogP contribution in [0.1, 0.15) is 36.8 Å². The molecule has 0 atom stereocenters. The van der Waals surface area contributed by atoms with E-state index in [1.807, 2.05) is 20.8 Å². The highest BCUT2D eigenvalue weighted by Gasteiger charge is 2.23. The molecule has 0 aliphatic carbocycles. The lowest BCUT2D eigenvalue weighted by Crippen LogP contribution is -2.25. The van der Waals surface area contributed by atoms with Gasteiger partial charge in [-0.3, -0.25) is 4.79 Å². The molecular weight excluding hydrogens is 195 g/mol. The average molecular weight is 210 g/mol. The molecule has 0 aliphatic heterocycles. The number of nitrogens with zero attached hydrogens (tertiary/aromatic N) is 1. The summed E-state index contributed by atoms with van der Waals surface area (Å²) in [6.07, 6.45) is 0. The van der Waals surface area contributed by atoms with E-state index in [0.717, 1.165) is 0 Å². The molecule has 3 nitrogen and oxygen atoms in total. The van der Waals surface area contributed by atoms with Gasteiger partial charge in [-0.25, -0.2) is 4.98 Å². The molecule has 1 aromatic rings. The predicted octanol–water partition coefficient (Wildman–Crippen LogP) is 1.88. The third-order valence-corrected chi connectivity index (χ3v) is 2.04. The summed E-state index contributed by atoms with van der Waals surface area (Å²) >= 11 is 0. The van der Waals surface area contributed by atoms with Crippen molar-refractivity contribution in [3.63, 3.8) is 0 Å². The van der Waals surface area contributed by atoms with Crippen molar-refractivity contribution in [3.05, 3.63) is 29.3 Å². The van der Waals surface area contributed by atoms with Crippen LogP contribution in [0.2, 0.25) is 0 Å². The van der Waals surface area contributed by atoms with Crippen LogP contribution in [0.3, 0.4) is 0 Å². The molecule has 1 aromatic heterocycles. The Labute approximate surface area is 88.7 Å². The molecule has 0 saturated heterocycles. The van der Waals surface area contributed by atoms with E-state index in [1.165, 1.54) is 19.2 Å². The Kier molecular flexibility index (Phi) is 3.07. The quantitative estimate of drug-likeness (QED) is 0.719. The third kappa shape index (κ3) is 2.52. The van der Waals surface area contributed by atoms with Gasteiger partial charge in [0.05, 0.1) is 11.3 Å². The molecule has 0 unspecified atom stereocenters. The van der Waals surface area contributed by atoms with Crippen LogP contribution in [0.4, 0.5) is 4.39 Å². The van der Waals surface area contributed by atoms with Gasteiger partial charge in [-0.1, -0.05) is 20.8 Å². The summed E-state index contributed by atoms with van der Waals surface area (Å²) in [7, 11) is 1.54. The lowest BCUT2D eigenvalue weighted by molar-refractivity contribution is 0.0960. The third-order valence-electron chi connectivity index (χ3n) is 2.04. The Morgan fingerprint density at radius 2 is 2.00 bits per heavy atom. The first-order valence-corrected chi connectivity index (χ1v) is 4.75. The average Bonchev–Trinajstić information content (AvgIpc) is 2.15. The van der Waals surface area contributed by atoms with Gasteiger partial charge in [0.25, 0.3) is 5.91 Å². The Bertz CT molecular complexity index is 383. The number of nitrogens with one attached hydrogen (secondary N) is 1. The van der Waals surface area contributed by atoms with E-state index in [2.05, 4.69) is 10.3 Å².